The minimum Gasteiger partial charge on any atom is -0.507 e. The Balaban J connectivity index is 2.13. The van der Waals surface area contributed by atoms with Crippen LogP contribution < -0.4 is 4.74 Å². The first-order valence-corrected chi connectivity index (χ1v) is 9.54. The number of rotatable bonds is 7. The number of hydrogen-bond acceptors (Lipinski definition) is 6. The highest BCUT2D eigenvalue weighted by Gasteiger charge is 2.15. The standard InChI is InChI=1S/C24H25NO5/c1-5-29-23(28)21(27)13-20(26)17-8-11-22(18(12-17)14-25)30-15-16-6-9-19(10-7-16)24(2,3)4/h6-13,26H,5,15H2,1-4H3/b20-13-. The molecule has 0 aliphatic rings. The van der Waals surface area contributed by atoms with Crippen LogP contribution in [0.25, 0.3) is 5.76 Å². The van der Waals surface area contributed by atoms with Crippen LogP contribution in [-0.4, -0.2) is 23.5 Å². The van der Waals surface area contributed by atoms with E-state index in [0.717, 1.165) is 11.6 Å². The molecule has 156 valence electrons. The number of benzene rings is 2. The number of esters is 1. The molecule has 0 saturated heterocycles. The van der Waals surface area contributed by atoms with Crippen molar-refractivity contribution in [2.75, 3.05) is 6.61 Å². The Morgan fingerprint density at radius 3 is 2.37 bits per heavy atom. The summed E-state index contributed by atoms with van der Waals surface area (Å²) in [5, 5.41) is 19.5. The molecule has 0 amide bonds. The normalized spacial score (nSPS) is 11.5. The molecule has 0 saturated carbocycles. The van der Waals surface area contributed by atoms with E-state index >= 15 is 0 Å². The average molecular weight is 407 g/mol. The third-order valence-electron chi connectivity index (χ3n) is 4.35. The number of ether oxygens (including phenoxy) is 2. The van der Waals surface area contributed by atoms with Gasteiger partial charge in [-0.1, -0.05) is 45.0 Å². The third-order valence-corrected chi connectivity index (χ3v) is 4.35. The molecule has 6 nitrogen and oxygen atoms in total. The molecule has 0 fully saturated rings. The van der Waals surface area contributed by atoms with Crippen molar-refractivity contribution >= 4 is 17.5 Å². The van der Waals surface area contributed by atoms with Crippen LogP contribution in [0.3, 0.4) is 0 Å². The quantitative estimate of drug-likeness (QED) is 0.315. The van der Waals surface area contributed by atoms with Crippen LogP contribution in [0.1, 0.15) is 49.9 Å². The average Bonchev–Trinajstić information content (AvgIpc) is 2.71. The summed E-state index contributed by atoms with van der Waals surface area (Å²) in [6, 6.07) is 14.5. The van der Waals surface area contributed by atoms with E-state index in [1.807, 2.05) is 18.2 Å². The number of ketones is 1. The maximum atomic E-state index is 11.7. The monoisotopic (exact) mass is 407 g/mol. The van der Waals surface area contributed by atoms with Gasteiger partial charge >= 0.3 is 5.97 Å². The number of hydrogen-bond donors (Lipinski definition) is 1. The highest BCUT2D eigenvalue weighted by atomic mass is 16.5. The van der Waals surface area contributed by atoms with Crippen LogP contribution in [0.15, 0.2) is 48.5 Å². The number of nitrogens with zero attached hydrogens (tertiary/aromatic N) is 1. The Morgan fingerprint density at radius 2 is 1.80 bits per heavy atom. The molecule has 0 aromatic heterocycles. The van der Waals surface area contributed by atoms with Gasteiger partial charge in [-0.25, -0.2) is 4.79 Å². The molecule has 0 aliphatic carbocycles. The Bertz CT molecular complexity index is 992. The van der Waals surface area contributed by atoms with E-state index < -0.39 is 17.5 Å². The van der Waals surface area contributed by atoms with E-state index in [9.17, 15) is 20.0 Å². The summed E-state index contributed by atoms with van der Waals surface area (Å²) >= 11 is 0. The van der Waals surface area contributed by atoms with E-state index in [2.05, 4.69) is 37.6 Å². The molecule has 2 rings (SSSR count). The lowest BCUT2D eigenvalue weighted by Gasteiger charge is -2.19. The van der Waals surface area contributed by atoms with E-state index in [0.29, 0.717) is 5.75 Å². The fourth-order valence-electron chi connectivity index (χ4n) is 2.63. The molecule has 1 N–H and O–H groups in total. The van der Waals surface area contributed by atoms with Crippen molar-refractivity contribution in [1.29, 1.82) is 5.26 Å². The molecule has 30 heavy (non-hydrogen) atoms. The summed E-state index contributed by atoms with van der Waals surface area (Å²) in [6.45, 7) is 8.34. The van der Waals surface area contributed by atoms with Crippen LogP contribution in [0.4, 0.5) is 0 Å². The van der Waals surface area contributed by atoms with Crippen molar-refractivity contribution in [2.45, 2.75) is 39.7 Å². The van der Waals surface area contributed by atoms with Gasteiger partial charge in [-0.15, -0.1) is 0 Å². The van der Waals surface area contributed by atoms with E-state index in [-0.39, 0.29) is 29.8 Å². The Hall–Kier alpha value is -3.59. The maximum Gasteiger partial charge on any atom is 0.379 e. The Morgan fingerprint density at radius 1 is 1.13 bits per heavy atom. The highest BCUT2D eigenvalue weighted by molar-refractivity contribution is 6.39. The predicted molar refractivity (Wildman–Crippen MR) is 113 cm³/mol. The smallest absolute Gasteiger partial charge is 0.379 e. The van der Waals surface area contributed by atoms with Gasteiger partial charge < -0.3 is 14.6 Å². The first-order valence-electron chi connectivity index (χ1n) is 9.54. The minimum absolute atomic E-state index is 0.0583. The molecule has 0 bridgehead atoms. The van der Waals surface area contributed by atoms with Gasteiger partial charge in [0.05, 0.1) is 12.2 Å². The topological polar surface area (TPSA) is 96.6 Å². The van der Waals surface area contributed by atoms with Gasteiger partial charge in [0, 0.05) is 11.6 Å². The summed E-state index contributed by atoms with van der Waals surface area (Å²) in [5.41, 5.74) is 2.65. The van der Waals surface area contributed by atoms with Crippen molar-refractivity contribution in [1.82, 2.24) is 0 Å². The molecule has 2 aromatic rings. The predicted octanol–water partition coefficient (Wildman–Crippen LogP) is 4.47. The number of aliphatic hydroxyl groups excluding tert-OH is 1. The Labute approximate surface area is 176 Å². The lowest BCUT2D eigenvalue weighted by atomic mass is 9.87. The van der Waals surface area contributed by atoms with Crippen LogP contribution in [-0.2, 0) is 26.3 Å². The molecular formula is C24H25NO5. The first-order chi connectivity index (χ1) is 14.2. The number of aliphatic hydroxyl groups is 1. The lowest BCUT2D eigenvalue weighted by molar-refractivity contribution is -0.151. The zero-order valence-corrected chi connectivity index (χ0v) is 17.6. The van der Waals surface area contributed by atoms with E-state index in [4.69, 9.17) is 4.74 Å². The van der Waals surface area contributed by atoms with Crippen molar-refractivity contribution in [3.8, 4) is 11.8 Å². The second-order valence-electron chi connectivity index (χ2n) is 7.67. The van der Waals surface area contributed by atoms with Crippen LogP contribution in [0.2, 0.25) is 0 Å². The van der Waals surface area contributed by atoms with Crippen molar-refractivity contribution in [3.05, 3.63) is 70.8 Å². The van der Waals surface area contributed by atoms with Crippen LogP contribution >= 0.6 is 0 Å². The third kappa shape index (κ3) is 5.95. The maximum absolute atomic E-state index is 11.7. The van der Waals surface area contributed by atoms with Crippen LogP contribution in [0.5, 0.6) is 5.75 Å². The zero-order valence-electron chi connectivity index (χ0n) is 17.6. The lowest BCUT2D eigenvalue weighted by Crippen LogP contribution is -2.15. The fraction of sp³-hybridized carbons (Fsp3) is 0.292. The van der Waals surface area contributed by atoms with Crippen LogP contribution in [0, 0.1) is 11.3 Å². The van der Waals surface area contributed by atoms with Gasteiger partial charge in [0.1, 0.15) is 24.2 Å². The van der Waals surface area contributed by atoms with Gasteiger partial charge in [0.25, 0.3) is 5.78 Å². The summed E-state index contributed by atoms with van der Waals surface area (Å²) in [4.78, 5) is 23.1. The van der Waals surface area contributed by atoms with Crippen molar-refractivity contribution < 1.29 is 24.2 Å². The summed E-state index contributed by atoms with van der Waals surface area (Å²) in [5.74, 6) is -2.12. The van der Waals surface area contributed by atoms with E-state index in [1.165, 1.54) is 23.8 Å². The van der Waals surface area contributed by atoms with Crippen molar-refractivity contribution in [3.63, 3.8) is 0 Å². The van der Waals surface area contributed by atoms with Gasteiger partial charge in [0.2, 0.25) is 0 Å². The molecule has 0 spiro atoms. The Kier molecular flexibility index (Phi) is 7.38. The molecule has 2 aromatic carbocycles. The first kappa shape index (κ1) is 22.7. The SMILES string of the molecule is CCOC(=O)C(=O)/C=C(\O)c1ccc(OCc2ccc(C(C)(C)C)cc2)c(C#N)c1. The number of carbonyl (C=O) groups is 2. The summed E-state index contributed by atoms with van der Waals surface area (Å²) in [6.07, 6.45) is 0.770. The number of nitriles is 1. The summed E-state index contributed by atoms with van der Waals surface area (Å²) < 4.78 is 10.3. The molecular weight excluding hydrogens is 382 g/mol. The molecule has 6 heteroatoms. The molecule has 0 heterocycles. The van der Waals surface area contributed by atoms with Gasteiger partial charge in [-0.05, 0) is 41.7 Å². The van der Waals surface area contributed by atoms with Gasteiger partial charge in [0.15, 0.2) is 0 Å². The molecule has 0 aliphatic heterocycles. The van der Waals surface area contributed by atoms with Crippen molar-refractivity contribution in [2.24, 2.45) is 0 Å². The second-order valence-corrected chi connectivity index (χ2v) is 7.67. The van der Waals surface area contributed by atoms with Gasteiger partial charge in [-0.3, -0.25) is 4.79 Å². The van der Waals surface area contributed by atoms with E-state index in [1.54, 1.807) is 6.92 Å². The largest absolute Gasteiger partial charge is 0.507 e. The second kappa shape index (κ2) is 9.75. The minimum atomic E-state index is -1.05. The number of carbonyl (C=O) groups excluding carboxylic acids is 2. The molecule has 0 atom stereocenters. The van der Waals surface area contributed by atoms with Gasteiger partial charge in [-0.2, -0.15) is 5.26 Å². The zero-order chi connectivity index (χ0) is 22.3. The summed E-state index contributed by atoms with van der Waals surface area (Å²) in [7, 11) is 0. The fourth-order valence-corrected chi connectivity index (χ4v) is 2.63. The molecule has 0 radical (unpaired) electrons. The molecule has 0 unspecified atom stereocenters. The highest BCUT2D eigenvalue weighted by Crippen LogP contribution is 2.25.